The van der Waals surface area contributed by atoms with Gasteiger partial charge < -0.3 is 9.88 Å². The Balaban J connectivity index is 2.20. The number of hydrogen-bond donors (Lipinski definition) is 1. The van der Waals surface area contributed by atoms with Gasteiger partial charge in [-0.15, -0.1) is 0 Å². The van der Waals surface area contributed by atoms with Crippen LogP contribution in [0.1, 0.15) is 56.0 Å². The molecule has 0 amide bonds. The zero-order chi connectivity index (χ0) is 15.9. The molecule has 0 saturated carbocycles. The van der Waals surface area contributed by atoms with Crippen molar-refractivity contribution in [3.8, 4) is 0 Å². The molecule has 122 valence electrons. The molecule has 0 fully saturated rings. The summed E-state index contributed by atoms with van der Waals surface area (Å²) in [6.45, 7) is 8.72. The van der Waals surface area contributed by atoms with Crippen molar-refractivity contribution in [3.63, 3.8) is 0 Å². The Bertz CT molecular complexity index is 598. The van der Waals surface area contributed by atoms with Gasteiger partial charge in [0, 0.05) is 19.5 Å². The van der Waals surface area contributed by atoms with E-state index in [1.165, 1.54) is 54.6 Å². The summed E-state index contributed by atoms with van der Waals surface area (Å²) in [4.78, 5) is 4.89. The summed E-state index contributed by atoms with van der Waals surface area (Å²) < 4.78 is 2.45. The third-order valence-electron chi connectivity index (χ3n) is 4.53. The van der Waals surface area contributed by atoms with Crippen LogP contribution in [0, 0.1) is 13.8 Å². The second kappa shape index (κ2) is 8.33. The number of hydrogen-bond acceptors (Lipinski definition) is 2. The standard InChI is InChI=1S/C19H31N3/c1-5-6-7-8-9-12-22-18-14-16(3)15(2)13-17(18)21-19(22)10-11-20-4/h13-14,20H,5-12H2,1-4H3. The number of aromatic nitrogens is 2. The SMILES string of the molecule is CCCCCCCn1c(CCNC)nc2cc(C)c(C)cc21. The molecule has 0 aliphatic rings. The topological polar surface area (TPSA) is 29.9 Å². The van der Waals surface area contributed by atoms with E-state index in [-0.39, 0.29) is 0 Å². The summed E-state index contributed by atoms with van der Waals surface area (Å²) in [6.07, 6.45) is 7.59. The van der Waals surface area contributed by atoms with Crippen molar-refractivity contribution >= 4 is 11.0 Å². The van der Waals surface area contributed by atoms with Crippen molar-refractivity contribution in [1.29, 1.82) is 0 Å². The molecule has 0 radical (unpaired) electrons. The van der Waals surface area contributed by atoms with Gasteiger partial charge in [-0.3, -0.25) is 0 Å². The normalized spacial score (nSPS) is 11.5. The predicted octanol–water partition coefficient (Wildman–Crippen LogP) is 4.39. The quantitative estimate of drug-likeness (QED) is 0.696. The summed E-state index contributed by atoms with van der Waals surface area (Å²) in [5.74, 6) is 1.23. The van der Waals surface area contributed by atoms with Gasteiger partial charge in [-0.2, -0.15) is 0 Å². The number of unbranched alkanes of at least 4 members (excludes halogenated alkanes) is 4. The van der Waals surface area contributed by atoms with Crippen LogP contribution in [0.5, 0.6) is 0 Å². The van der Waals surface area contributed by atoms with Gasteiger partial charge in [0.15, 0.2) is 0 Å². The molecule has 22 heavy (non-hydrogen) atoms. The number of likely N-dealkylation sites (N-methyl/N-ethyl adjacent to an activating group) is 1. The lowest BCUT2D eigenvalue weighted by Gasteiger charge is -2.10. The van der Waals surface area contributed by atoms with E-state index in [1.807, 2.05) is 7.05 Å². The Hall–Kier alpha value is -1.35. The molecule has 0 saturated heterocycles. The van der Waals surface area contributed by atoms with Crippen LogP contribution >= 0.6 is 0 Å². The van der Waals surface area contributed by atoms with Gasteiger partial charge in [-0.25, -0.2) is 4.98 Å². The fraction of sp³-hybridized carbons (Fsp3) is 0.632. The predicted molar refractivity (Wildman–Crippen MR) is 95.6 cm³/mol. The van der Waals surface area contributed by atoms with Crippen LogP contribution in [0.3, 0.4) is 0 Å². The summed E-state index contributed by atoms with van der Waals surface area (Å²) in [5, 5.41) is 3.24. The minimum atomic E-state index is 0.983. The van der Waals surface area contributed by atoms with Crippen molar-refractivity contribution < 1.29 is 0 Å². The molecule has 1 heterocycles. The molecule has 0 bridgehead atoms. The molecular weight excluding hydrogens is 270 g/mol. The summed E-state index contributed by atoms with van der Waals surface area (Å²) in [6, 6.07) is 4.55. The van der Waals surface area contributed by atoms with Crippen molar-refractivity contribution in [1.82, 2.24) is 14.9 Å². The smallest absolute Gasteiger partial charge is 0.111 e. The first-order chi connectivity index (χ1) is 10.7. The highest BCUT2D eigenvalue weighted by atomic mass is 15.1. The van der Waals surface area contributed by atoms with E-state index in [4.69, 9.17) is 4.98 Å². The van der Waals surface area contributed by atoms with Crippen LogP contribution in [0.25, 0.3) is 11.0 Å². The fourth-order valence-corrected chi connectivity index (χ4v) is 2.98. The minimum Gasteiger partial charge on any atom is -0.328 e. The van der Waals surface area contributed by atoms with E-state index < -0.39 is 0 Å². The summed E-state index contributed by atoms with van der Waals surface area (Å²) >= 11 is 0. The zero-order valence-corrected chi connectivity index (χ0v) is 14.7. The molecular formula is C19H31N3. The molecule has 3 nitrogen and oxygen atoms in total. The zero-order valence-electron chi connectivity index (χ0n) is 14.7. The van der Waals surface area contributed by atoms with Crippen molar-refractivity contribution in [2.45, 2.75) is 65.8 Å². The second-order valence-corrected chi connectivity index (χ2v) is 6.37. The summed E-state index contributed by atoms with van der Waals surface area (Å²) in [5.41, 5.74) is 5.16. The lowest BCUT2D eigenvalue weighted by Crippen LogP contribution is -2.14. The van der Waals surface area contributed by atoms with Crippen LogP contribution in [0.2, 0.25) is 0 Å². The fourth-order valence-electron chi connectivity index (χ4n) is 2.98. The van der Waals surface area contributed by atoms with Gasteiger partial charge in [-0.1, -0.05) is 32.6 Å². The number of imidazole rings is 1. The molecule has 0 aliphatic carbocycles. The molecule has 0 atom stereocenters. The third kappa shape index (κ3) is 4.10. The number of fused-ring (bicyclic) bond motifs is 1. The molecule has 1 aromatic carbocycles. The lowest BCUT2D eigenvalue weighted by molar-refractivity contribution is 0.559. The van der Waals surface area contributed by atoms with Crippen LogP contribution in [-0.4, -0.2) is 23.1 Å². The molecule has 2 aromatic rings. The Morgan fingerprint density at radius 2 is 1.77 bits per heavy atom. The Morgan fingerprint density at radius 1 is 1.05 bits per heavy atom. The molecule has 2 rings (SSSR count). The average molecular weight is 301 g/mol. The second-order valence-electron chi connectivity index (χ2n) is 6.37. The summed E-state index contributed by atoms with van der Waals surface area (Å²) in [7, 11) is 2.01. The van der Waals surface area contributed by atoms with Crippen molar-refractivity contribution in [2.24, 2.45) is 0 Å². The van der Waals surface area contributed by atoms with E-state index in [9.17, 15) is 0 Å². The maximum absolute atomic E-state index is 4.89. The average Bonchev–Trinajstić information content (AvgIpc) is 2.82. The van der Waals surface area contributed by atoms with E-state index in [0.29, 0.717) is 0 Å². The monoisotopic (exact) mass is 301 g/mol. The molecule has 0 unspecified atom stereocenters. The first-order valence-corrected chi connectivity index (χ1v) is 8.78. The molecule has 1 aromatic heterocycles. The number of nitrogens with one attached hydrogen (secondary N) is 1. The maximum atomic E-state index is 4.89. The lowest BCUT2D eigenvalue weighted by atomic mass is 10.1. The number of rotatable bonds is 9. The largest absolute Gasteiger partial charge is 0.328 e. The number of benzene rings is 1. The number of nitrogens with zero attached hydrogens (tertiary/aromatic N) is 2. The minimum absolute atomic E-state index is 0.983. The van der Waals surface area contributed by atoms with Gasteiger partial charge in [0.2, 0.25) is 0 Å². The van der Waals surface area contributed by atoms with E-state index >= 15 is 0 Å². The number of aryl methyl sites for hydroxylation is 3. The maximum Gasteiger partial charge on any atom is 0.111 e. The van der Waals surface area contributed by atoms with Gasteiger partial charge in [0.25, 0.3) is 0 Å². The Kier molecular flexibility index (Phi) is 6.44. The van der Waals surface area contributed by atoms with Crippen LogP contribution in [-0.2, 0) is 13.0 Å². The highest BCUT2D eigenvalue weighted by Gasteiger charge is 2.11. The van der Waals surface area contributed by atoms with E-state index in [0.717, 1.165) is 25.0 Å². The van der Waals surface area contributed by atoms with Gasteiger partial charge >= 0.3 is 0 Å². The van der Waals surface area contributed by atoms with Crippen molar-refractivity contribution in [3.05, 3.63) is 29.1 Å². The first kappa shape index (κ1) is 17.0. The Morgan fingerprint density at radius 3 is 2.50 bits per heavy atom. The van der Waals surface area contributed by atoms with Crippen LogP contribution < -0.4 is 5.32 Å². The highest BCUT2D eigenvalue weighted by Crippen LogP contribution is 2.22. The van der Waals surface area contributed by atoms with E-state index in [2.05, 4.69) is 42.8 Å². The van der Waals surface area contributed by atoms with Crippen molar-refractivity contribution in [2.75, 3.05) is 13.6 Å². The van der Waals surface area contributed by atoms with Crippen LogP contribution in [0.4, 0.5) is 0 Å². The molecule has 0 aliphatic heterocycles. The van der Waals surface area contributed by atoms with Gasteiger partial charge in [0.05, 0.1) is 11.0 Å². The Labute approximate surface area is 135 Å². The third-order valence-corrected chi connectivity index (χ3v) is 4.53. The molecule has 3 heteroatoms. The first-order valence-electron chi connectivity index (χ1n) is 8.78. The van der Waals surface area contributed by atoms with Gasteiger partial charge in [0.1, 0.15) is 5.82 Å². The van der Waals surface area contributed by atoms with E-state index in [1.54, 1.807) is 0 Å². The van der Waals surface area contributed by atoms with Crippen LogP contribution in [0.15, 0.2) is 12.1 Å². The molecule has 0 spiro atoms. The van der Waals surface area contributed by atoms with Gasteiger partial charge in [-0.05, 0) is 50.6 Å². The highest BCUT2D eigenvalue weighted by molar-refractivity contribution is 5.78. The molecule has 1 N–H and O–H groups in total.